The Kier molecular flexibility index (Phi) is 4.83. The van der Waals surface area contributed by atoms with Gasteiger partial charge in [0.25, 0.3) is 0 Å². The minimum Gasteiger partial charge on any atom is -0.497 e. The fourth-order valence-corrected chi connectivity index (χ4v) is 2.89. The van der Waals surface area contributed by atoms with Crippen LogP contribution in [0.15, 0.2) is 24.3 Å². The van der Waals surface area contributed by atoms with Crippen LogP contribution in [-0.2, 0) is 6.54 Å². The number of hydrogen-bond donors (Lipinski definition) is 1. The molecular weight excluding hydrogens is 236 g/mol. The monoisotopic (exact) mass is 262 g/mol. The van der Waals surface area contributed by atoms with Crippen molar-refractivity contribution in [3.63, 3.8) is 0 Å². The highest BCUT2D eigenvalue weighted by Gasteiger charge is 2.31. The average molecular weight is 262 g/mol. The van der Waals surface area contributed by atoms with Crippen molar-refractivity contribution in [2.45, 2.75) is 38.8 Å². The molecule has 3 nitrogen and oxygen atoms in total. The third kappa shape index (κ3) is 3.48. The topological polar surface area (TPSA) is 24.5 Å². The molecule has 0 atom stereocenters. The normalized spacial score (nSPS) is 19.3. The number of piperazine rings is 1. The maximum atomic E-state index is 5.20. The largest absolute Gasteiger partial charge is 0.497 e. The van der Waals surface area contributed by atoms with E-state index in [9.17, 15) is 0 Å². The van der Waals surface area contributed by atoms with Crippen LogP contribution in [0, 0.1) is 0 Å². The van der Waals surface area contributed by atoms with Gasteiger partial charge in [-0.2, -0.15) is 0 Å². The number of nitrogens with zero attached hydrogens (tertiary/aromatic N) is 1. The van der Waals surface area contributed by atoms with Crippen LogP contribution in [-0.4, -0.2) is 37.2 Å². The van der Waals surface area contributed by atoms with E-state index in [4.69, 9.17) is 4.74 Å². The Morgan fingerprint density at radius 2 is 1.89 bits per heavy atom. The van der Waals surface area contributed by atoms with Gasteiger partial charge in [0.15, 0.2) is 0 Å². The van der Waals surface area contributed by atoms with Gasteiger partial charge in [0.2, 0.25) is 0 Å². The van der Waals surface area contributed by atoms with Crippen molar-refractivity contribution in [2.75, 3.05) is 26.7 Å². The first kappa shape index (κ1) is 14.4. The number of methoxy groups -OCH3 is 1. The second kappa shape index (κ2) is 6.40. The first-order valence-electron chi connectivity index (χ1n) is 7.31. The minimum atomic E-state index is 0.310. The second-order valence-electron chi connectivity index (χ2n) is 5.47. The summed E-state index contributed by atoms with van der Waals surface area (Å²) in [5.41, 5.74) is 1.67. The molecule has 0 spiro atoms. The van der Waals surface area contributed by atoms with Crippen molar-refractivity contribution in [1.29, 1.82) is 0 Å². The first-order chi connectivity index (χ1) is 9.21. The number of ether oxygens (including phenoxy) is 1. The van der Waals surface area contributed by atoms with E-state index in [-0.39, 0.29) is 0 Å². The van der Waals surface area contributed by atoms with Crippen LogP contribution in [0.3, 0.4) is 0 Å². The van der Waals surface area contributed by atoms with Crippen molar-refractivity contribution >= 4 is 0 Å². The van der Waals surface area contributed by atoms with Crippen molar-refractivity contribution in [2.24, 2.45) is 0 Å². The minimum absolute atomic E-state index is 0.310. The maximum absolute atomic E-state index is 5.20. The number of hydrogen-bond acceptors (Lipinski definition) is 3. The summed E-state index contributed by atoms with van der Waals surface area (Å²) < 4.78 is 5.20. The van der Waals surface area contributed by atoms with Crippen molar-refractivity contribution < 1.29 is 4.74 Å². The summed E-state index contributed by atoms with van der Waals surface area (Å²) in [7, 11) is 1.71. The van der Waals surface area contributed by atoms with Crippen LogP contribution in [0.5, 0.6) is 5.75 Å². The fourth-order valence-electron chi connectivity index (χ4n) is 2.89. The summed E-state index contributed by atoms with van der Waals surface area (Å²) in [5, 5.41) is 3.70. The highest BCUT2D eigenvalue weighted by atomic mass is 16.5. The lowest BCUT2D eigenvalue weighted by Gasteiger charge is -2.43. The standard InChI is InChI=1S/C16H26N2O/c1-4-16(5-2)13-18(11-10-17-16)12-14-6-8-15(19-3)9-7-14/h6-9,17H,4-5,10-13H2,1-3H3. The molecule has 1 aromatic carbocycles. The molecule has 19 heavy (non-hydrogen) atoms. The molecule has 1 saturated heterocycles. The first-order valence-corrected chi connectivity index (χ1v) is 7.31. The Morgan fingerprint density at radius 3 is 2.47 bits per heavy atom. The van der Waals surface area contributed by atoms with E-state index in [1.165, 1.54) is 18.4 Å². The summed E-state index contributed by atoms with van der Waals surface area (Å²) in [6, 6.07) is 8.43. The average Bonchev–Trinajstić information content (AvgIpc) is 2.48. The molecule has 1 aliphatic rings. The van der Waals surface area contributed by atoms with Crippen LogP contribution in [0.1, 0.15) is 32.3 Å². The van der Waals surface area contributed by atoms with Crippen LogP contribution in [0.25, 0.3) is 0 Å². The summed E-state index contributed by atoms with van der Waals surface area (Å²) in [4.78, 5) is 2.56. The van der Waals surface area contributed by atoms with Crippen LogP contribution >= 0.6 is 0 Å². The van der Waals surface area contributed by atoms with Gasteiger partial charge in [-0.3, -0.25) is 4.90 Å². The molecule has 1 N–H and O–H groups in total. The highest BCUT2D eigenvalue weighted by Crippen LogP contribution is 2.21. The van der Waals surface area contributed by atoms with Gasteiger partial charge in [-0.25, -0.2) is 0 Å². The molecule has 2 rings (SSSR count). The SMILES string of the molecule is CCC1(CC)CN(Cc2ccc(OC)cc2)CCN1. The second-order valence-corrected chi connectivity index (χ2v) is 5.47. The quantitative estimate of drug-likeness (QED) is 0.883. The number of rotatable bonds is 5. The summed E-state index contributed by atoms with van der Waals surface area (Å²) >= 11 is 0. The van der Waals surface area contributed by atoms with Crippen LogP contribution in [0.2, 0.25) is 0 Å². The van der Waals surface area contributed by atoms with Gasteiger partial charge in [-0.05, 0) is 30.5 Å². The number of nitrogens with one attached hydrogen (secondary N) is 1. The van der Waals surface area contributed by atoms with Gasteiger partial charge >= 0.3 is 0 Å². The zero-order valence-electron chi connectivity index (χ0n) is 12.4. The predicted octanol–water partition coefficient (Wildman–Crippen LogP) is 2.66. The molecule has 1 aromatic rings. The van der Waals surface area contributed by atoms with Crippen molar-refractivity contribution in [1.82, 2.24) is 10.2 Å². The van der Waals surface area contributed by atoms with Crippen molar-refractivity contribution in [3.8, 4) is 5.75 Å². The predicted molar refractivity (Wildman–Crippen MR) is 79.6 cm³/mol. The summed E-state index contributed by atoms with van der Waals surface area (Å²) in [5.74, 6) is 0.931. The van der Waals surface area contributed by atoms with E-state index >= 15 is 0 Å². The Bertz CT molecular complexity index is 384. The number of benzene rings is 1. The Balaban J connectivity index is 1.98. The molecule has 1 aliphatic heterocycles. The van der Waals surface area contributed by atoms with Crippen LogP contribution < -0.4 is 10.1 Å². The van der Waals surface area contributed by atoms with E-state index in [1.54, 1.807) is 7.11 Å². The zero-order chi connectivity index (χ0) is 13.7. The molecule has 0 aromatic heterocycles. The lowest BCUT2D eigenvalue weighted by Crippen LogP contribution is -2.59. The molecule has 0 saturated carbocycles. The molecule has 0 radical (unpaired) electrons. The van der Waals surface area contributed by atoms with E-state index in [0.29, 0.717) is 5.54 Å². The Morgan fingerprint density at radius 1 is 1.21 bits per heavy atom. The van der Waals surface area contributed by atoms with Crippen LogP contribution in [0.4, 0.5) is 0 Å². The van der Waals surface area contributed by atoms with Gasteiger partial charge in [0, 0.05) is 31.7 Å². The lowest BCUT2D eigenvalue weighted by molar-refractivity contribution is 0.118. The molecule has 0 bridgehead atoms. The van der Waals surface area contributed by atoms with E-state index in [0.717, 1.165) is 31.9 Å². The molecule has 1 fully saturated rings. The molecule has 3 heteroatoms. The van der Waals surface area contributed by atoms with Gasteiger partial charge in [-0.15, -0.1) is 0 Å². The van der Waals surface area contributed by atoms with Gasteiger partial charge in [0.1, 0.15) is 5.75 Å². The van der Waals surface area contributed by atoms with Gasteiger partial charge in [0.05, 0.1) is 7.11 Å². The third-order valence-corrected chi connectivity index (χ3v) is 4.37. The zero-order valence-corrected chi connectivity index (χ0v) is 12.4. The van der Waals surface area contributed by atoms with Gasteiger partial charge < -0.3 is 10.1 Å². The smallest absolute Gasteiger partial charge is 0.118 e. The van der Waals surface area contributed by atoms with E-state index < -0.39 is 0 Å². The highest BCUT2D eigenvalue weighted by molar-refractivity contribution is 5.27. The Labute approximate surface area is 116 Å². The van der Waals surface area contributed by atoms with E-state index in [2.05, 4.69) is 36.2 Å². The maximum Gasteiger partial charge on any atom is 0.118 e. The molecule has 0 unspecified atom stereocenters. The van der Waals surface area contributed by atoms with E-state index in [1.807, 2.05) is 12.1 Å². The lowest BCUT2D eigenvalue weighted by atomic mass is 9.90. The molecule has 0 aliphatic carbocycles. The Hall–Kier alpha value is -1.06. The molecule has 106 valence electrons. The molecule has 0 amide bonds. The molecular formula is C16H26N2O. The summed E-state index contributed by atoms with van der Waals surface area (Å²) in [6.07, 6.45) is 2.39. The molecule has 1 heterocycles. The van der Waals surface area contributed by atoms with Gasteiger partial charge in [-0.1, -0.05) is 26.0 Å². The fraction of sp³-hybridized carbons (Fsp3) is 0.625. The third-order valence-electron chi connectivity index (χ3n) is 4.37. The summed E-state index contributed by atoms with van der Waals surface area (Å²) in [6.45, 7) is 8.98. The van der Waals surface area contributed by atoms with Crippen molar-refractivity contribution in [3.05, 3.63) is 29.8 Å².